The first kappa shape index (κ1) is 34.6. The van der Waals surface area contributed by atoms with E-state index in [-0.39, 0.29) is 42.7 Å². The molecule has 1 aromatic heterocycles. The van der Waals surface area contributed by atoms with Crippen LogP contribution in [0.4, 0.5) is 10.6 Å². The molecular formula is C29H45ClN6O6S. The molecule has 3 atom stereocenters. The van der Waals surface area contributed by atoms with Crippen LogP contribution in [-0.4, -0.2) is 104 Å². The molecule has 0 spiro atoms. The Bertz CT molecular complexity index is 1410. The van der Waals surface area contributed by atoms with E-state index in [4.69, 9.17) is 21.1 Å². The van der Waals surface area contributed by atoms with E-state index in [0.717, 1.165) is 8.39 Å². The Morgan fingerprint density at radius 3 is 2.42 bits per heavy atom. The zero-order chi connectivity index (χ0) is 32.3. The number of alkyl carbamates (subject to hydrolysis) is 1. The number of rotatable bonds is 10. The van der Waals surface area contributed by atoms with Crippen molar-refractivity contribution in [3.8, 4) is 0 Å². The van der Waals surface area contributed by atoms with E-state index in [2.05, 4.69) is 10.4 Å². The largest absolute Gasteiger partial charge is 0.444 e. The predicted octanol–water partition coefficient (Wildman–Crippen LogP) is 3.77. The second-order valence-electron chi connectivity index (χ2n) is 12.1. The van der Waals surface area contributed by atoms with Crippen LogP contribution in [0.15, 0.2) is 24.3 Å². The summed E-state index contributed by atoms with van der Waals surface area (Å²) in [6.07, 6.45) is 0.649. The third kappa shape index (κ3) is 8.20. The summed E-state index contributed by atoms with van der Waals surface area (Å²) >= 11 is 6.56. The number of halogens is 1. The van der Waals surface area contributed by atoms with Crippen LogP contribution >= 0.6 is 11.6 Å². The average molecular weight is 641 g/mol. The number of nitrogens with zero attached hydrogens (tertiary/aromatic N) is 5. The fourth-order valence-electron chi connectivity index (χ4n) is 4.84. The number of carbonyl (C=O) groups excluding carboxylic acids is 2. The van der Waals surface area contributed by atoms with E-state index >= 15 is 0 Å². The zero-order valence-electron chi connectivity index (χ0n) is 26.5. The third-order valence-corrected chi connectivity index (χ3v) is 9.54. The molecule has 0 aliphatic carbocycles. The van der Waals surface area contributed by atoms with Gasteiger partial charge in [0.05, 0.1) is 12.1 Å². The summed E-state index contributed by atoms with van der Waals surface area (Å²) in [4.78, 5) is 30.0. The fraction of sp³-hybridized carbons (Fsp3) is 0.621. The summed E-state index contributed by atoms with van der Waals surface area (Å²) < 4.78 is 40.3. The second-order valence-corrected chi connectivity index (χ2v) is 14.5. The molecule has 14 heteroatoms. The van der Waals surface area contributed by atoms with Crippen LogP contribution in [-0.2, 0) is 26.1 Å². The van der Waals surface area contributed by atoms with E-state index in [1.165, 1.54) is 19.0 Å². The van der Waals surface area contributed by atoms with Crippen LogP contribution in [0.3, 0.4) is 0 Å². The molecular weight excluding hydrogens is 596 g/mol. The normalized spacial score (nSPS) is 17.5. The van der Waals surface area contributed by atoms with Crippen molar-refractivity contribution in [3.05, 3.63) is 46.1 Å². The molecule has 3 rings (SSSR count). The van der Waals surface area contributed by atoms with Crippen molar-refractivity contribution in [3.63, 3.8) is 0 Å². The Morgan fingerprint density at radius 2 is 1.84 bits per heavy atom. The van der Waals surface area contributed by atoms with Crippen LogP contribution in [0.2, 0.25) is 5.02 Å². The number of amides is 2. The highest BCUT2D eigenvalue weighted by molar-refractivity contribution is 7.87. The maximum Gasteiger partial charge on any atom is 0.407 e. The lowest BCUT2D eigenvalue weighted by molar-refractivity contribution is 0.0350. The van der Waals surface area contributed by atoms with Gasteiger partial charge in [-0.05, 0) is 59.1 Å². The molecule has 43 heavy (non-hydrogen) atoms. The number of hydrogen-bond donors (Lipinski definition) is 1. The molecule has 240 valence electrons. The molecule has 2 aromatic rings. The van der Waals surface area contributed by atoms with Gasteiger partial charge in [-0.2, -0.15) is 12.7 Å². The molecule has 2 heterocycles. The number of nitrogens with one attached hydrogen (secondary N) is 1. The minimum Gasteiger partial charge on any atom is -0.444 e. The summed E-state index contributed by atoms with van der Waals surface area (Å²) in [7, 11) is 1.86. The number of piperidine rings is 1. The zero-order valence-corrected chi connectivity index (χ0v) is 28.1. The summed E-state index contributed by atoms with van der Waals surface area (Å²) in [6, 6.07) is 6.56. The topological polar surface area (TPSA) is 126 Å². The van der Waals surface area contributed by atoms with Crippen molar-refractivity contribution in [1.29, 1.82) is 0 Å². The van der Waals surface area contributed by atoms with Crippen LogP contribution in [0.25, 0.3) is 0 Å². The van der Waals surface area contributed by atoms with E-state index in [9.17, 15) is 18.0 Å². The molecule has 0 bridgehead atoms. The lowest BCUT2D eigenvalue weighted by Gasteiger charge is -2.35. The maximum absolute atomic E-state index is 14.1. The summed E-state index contributed by atoms with van der Waals surface area (Å²) in [5.41, 5.74) is 0.464. The Labute approximate surface area is 260 Å². The quantitative estimate of drug-likeness (QED) is 0.416. The molecule has 12 nitrogen and oxygen atoms in total. The standard InChI is InChI=1S/C29H45ClN6O6S/c1-19(20(2)41-9)34(8)27(37)25-23(17-21-13-10-11-15-24(21)30)26(36(32-25)43(39,40)33(6)7)35-16-12-14-22(18-35)31-28(38)42-29(3,4)5/h10-11,13,15,19-20,22H,12,14,16-18H2,1-9H3,(H,31,38)/t19?,20?,22-/m1/s1. The first-order chi connectivity index (χ1) is 20.0. The van der Waals surface area contributed by atoms with Gasteiger partial charge < -0.3 is 24.6 Å². The van der Waals surface area contributed by atoms with Crippen molar-refractivity contribution >= 4 is 39.6 Å². The van der Waals surface area contributed by atoms with Crippen molar-refractivity contribution in [2.75, 3.05) is 46.2 Å². The van der Waals surface area contributed by atoms with Crippen molar-refractivity contribution < 1.29 is 27.5 Å². The highest BCUT2D eigenvalue weighted by atomic mass is 35.5. The second kappa shape index (κ2) is 13.8. The monoisotopic (exact) mass is 640 g/mol. The Kier molecular flexibility index (Phi) is 11.1. The van der Waals surface area contributed by atoms with Gasteiger partial charge in [0.15, 0.2) is 5.69 Å². The van der Waals surface area contributed by atoms with E-state index in [1.807, 2.05) is 30.9 Å². The van der Waals surface area contributed by atoms with Crippen LogP contribution in [0.5, 0.6) is 0 Å². The molecule has 1 aliphatic rings. The molecule has 1 saturated heterocycles. The number of carbonyl (C=O) groups is 2. The van der Waals surface area contributed by atoms with Gasteiger partial charge in [0.2, 0.25) is 0 Å². The highest BCUT2D eigenvalue weighted by Crippen LogP contribution is 2.33. The first-order valence-corrected chi connectivity index (χ1v) is 16.1. The van der Waals surface area contributed by atoms with Gasteiger partial charge in [0.25, 0.3) is 5.91 Å². The molecule has 0 saturated carbocycles. The average Bonchev–Trinajstić information content (AvgIpc) is 3.31. The summed E-state index contributed by atoms with van der Waals surface area (Å²) in [6.45, 7) is 9.83. The highest BCUT2D eigenvalue weighted by Gasteiger charge is 2.37. The van der Waals surface area contributed by atoms with Crippen LogP contribution < -0.4 is 10.2 Å². The molecule has 1 aromatic carbocycles. The number of likely N-dealkylation sites (N-methyl/N-ethyl adjacent to an activating group) is 1. The number of hydrogen-bond acceptors (Lipinski definition) is 8. The summed E-state index contributed by atoms with van der Waals surface area (Å²) in [5.74, 6) is -0.193. The van der Waals surface area contributed by atoms with Gasteiger partial charge in [0.1, 0.15) is 11.4 Å². The van der Waals surface area contributed by atoms with Crippen molar-refractivity contribution in [1.82, 2.24) is 23.7 Å². The molecule has 1 N–H and O–H groups in total. The smallest absolute Gasteiger partial charge is 0.407 e. The minimum absolute atomic E-state index is 0.000206. The molecule has 1 aliphatic heterocycles. The molecule has 2 amide bonds. The fourth-order valence-corrected chi connectivity index (χ4v) is 5.98. The van der Waals surface area contributed by atoms with Gasteiger partial charge in [-0.3, -0.25) is 4.79 Å². The molecule has 0 radical (unpaired) electrons. The number of ether oxygens (including phenoxy) is 2. The number of anilines is 1. The van der Waals surface area contributed by atoms with E-state index in [1.54, 1.807) is 47.1 Å². The Balaban J connectivity index is 2.19. The predicted molar refractivity (Wildman–Crippen MR) is 167 cm³/mol. The van der Waals surface area contributed by atoms with Crippen molar-refractivity contribution in [2.24, 2.45) is 0 Å². The molecule has 2 unspecified atom stereocenters. The maximum atomic E-state index is 14.1. The minimum atomic E-state index is -4.17. The van der Waals surface area contributed by atoms with Crippen molar-refractivity contribution in [2.45, 2.75) is 77.7 Å². The lowest BCUT2D eigenvalue weighted by Crippen LogP contribution is -2.50. The first-order valence-electron chi connectivity index (χ1n) is 14.3. The number of aromatic nitrogens is 2. The SMILES string of the molecule is COC(C)C(C)N(C)C(=O)c1nn(S(=O)(=O)N(C)C)c(N2CCC[C@@H](NC(=O)OC(C)(C)C)C2)c1Cc1ccccc1Cl. The van der Waals surface area contributed by atoms with E-state index in [0.29, 0.717) is 35.5 Å². The Morgan fingerprint density at radius 1 is 1.19 bits per heavy atom. The number of benzene rings is 1. The van der Waals surface area contributed by atoms with Gasteiger partial charge in [-0.15, -0.1) is 9.19 Å². The van der Waals surface area contributed by atoms with Gasteiger partial charge in [-0.1, -0.05) is 29.8 Å². The van der Waals surface area contributed by atoms with Gasteiger partial charge >= 0.3 is 16.3 Å². The van der Waals surface area contributed by atoms with Gasteiger partial charge in [-0.25, -0.2) is 4.79 Å². The van der Waals surface area contributed by atoms with Crippen LogP contribution in [0.1, 0.15) is 69.1 Å². The van der Waals surface area contributed by atoms with E-state index < -0.39 is 27.8 Å². The van der Waals surface area contributed by atoms with Gasteiger partial charge in [0, 0.05) is 64.4 Å². The third-order valence-electron chi connectivity index (χ3n) is 7.56. The lowest BCUT2D eigenvalue weighted by atomic mass is 10.0. The van der Waals surface area contributed by atoms with Crippen LogP contribution in [0, 0.1) is 0 Å². The number of methoxy groups -OCH3 is 1. The molecule has 1 fully saturated rings. The Hall–Kier alpha value is -2.87. The summed E-state index contributed by atoms with van der Waals surface area (Å²) in [5, 5.41) is 7.88.